The second kappa shape index (κ2) is 7.64. The zero-order chi connectivity index (χ0) is 18.8. The Morgan fingerprint density at radius 2 is 1.96 bits per heavy atom. The van der Waals surface area contributed by atoms with E-state index in [9.17, 15) is 9.59 Å². The van der Waals surface area contributed by atoms with Crippen molar-refractivity contribution in [1.29, 1.82) is 0 Å². The van der Waals surface area contributed by atoms with Crippen LogP contribution in [0, 0.1) is 6.92 Å². The molecule has 4 nitrogen and oxygen atoms in total. The van der Waals surface area contributed by atoms with Crippen molar-refractivity contribution in [2.24, 2.45) is 0 Å². The normalized spacial score (nSPS) is 10.9. The second-order valence-electron chi connectivity index (χ2n) is 6.05. The molecule has 0 bridgehead atoms. The van der Waals surface area contributed by atoms with Gasteiger partial charge in [0, 0.05) is 20.9 Å². The molecule has 0 amide bonds. The van der Waals surface area contributed by atoms with E-state index >= 15 is 0 Å². The van der Waals surface area contributed by atoms with Gasteiger partial charge in [0.15, 0.2) is 0 Å². The summed E-state index contributed by atoms with van der Waals surface area (Å²) in [6, 6.07) is 11.1. The van der Waals surface area contributed by atoms with Gasteiger partial charge in [-0.1, -0.05) is 35.4 Å². The van der Waals surface area contributed by atoms with Gasteiger partial charge in [-0.15, -0.1) is 0 Å². The van der Waals surface area contributed by atoms with Crippen molar-refractivity contribution < 1.29 is 9.53 Å². The first kappa shape index (κ1) is 18.7. The lowest BCUT2D eigenvalue weighted by molar-refractivity contribution is -0.142. The predicted molar refractivity (Wildman–Crippen MR) is 108 cm³/mol. The molecule has 6 heteroatoms. The van der Waals surface area contributed by atoms with Gasteiger partial charge in [0.2, 0.25) is 0 Å². The minimum atomic E-state index is -0.282. The van der Waals surface area contributed by atoms with Gasteiger partial charge in [0.05, 0.1) is 18.1 Å². The highest BCUT2D eigenvalue weighted by Crippen LogP contribution is 2.29. The van der Waals surface area contributed by atoms with E-state index < -0.39 is 0 Å². The van der Waals surface area contributed by atoms with Crippen LogP contribution in [0.15, 0.2) is 45.7 Å². The fraction of sp³-hybridized carbons (Fsp3) is 0.200. The number of benzene rings is 2. The molecule has 0 saturated carbocycles. The Hall–Kier alpha value is -2.11. The van der Waals surface area contributed by atoms with Crippen molar-refractivity contribution in [3.05, 3.63) is 67.4 Å². The molecule has 0 atom stereocenters. The number of ether oxygens (including phenoxy) is 1. The van der Waals surface area contributed by atoms with Crippen molar-refractivity contribution in [2.45, 2.75) is 20.3 Å². The van der Waals surface area contributed by atoms with Crippen molar-refractivity contribution in [2.75, 3.05) is 6.61 Å². The van der Waals surface area contributed by atoms with Gasteiger partial charge >= 0.3 is 5.97 Å². The molecule has 1 aromatic heterocycles. The molecule has 0 fully saturated rings. The number of nitrogens with one attached hydrogen (secondary N) is 1. The van der Waals surface area contributed by atoms with Crippen LogP contribution in [0.2, 0.25) is 5.02 Å². The molecule has 0 aliphatic rings. The van der Waals surface area contributed by atoms with Gasteiger partial charge in [-0.2, -0.15) is 0 Å². The Labute approximate surface area is 164 Å². The van der Waals surface area contributed by atoms with Gasteiger partial charge < -0.3 is 9.72 Å². The van der Waals surface area contributed by atoms with E-state index in [0.717, 1.165) is 26.5 Å². The molecule has 26 heavy (non-hydrogen) atoms. The van der Waals surface area contributed by atoms with Crippen molar-refractivity contribution in [3.8, 4) is 11.1 Å². The lowest BCUT2D eigenvalue weighted by Gasteiger charge is -2.09. The molecule has 0 aliphatic carbocycles. The first-order valence-electron chi connectivity index (χ1n) is 8.16. The lowest BCUT2D eigenvalue weighted by atomic mass is 9.99. The second-order valence-corrected chi connectivity index (χ2v) is 7.32. The van der Waals surface area contributed by atoms with E-state index in [-0.39, 0.29) is 17.9 Å². The number of aryl methyl sites for hydroxylation is 1. The Balaban J connectivity index is 2.09. The van der Waals surface area contributed by atoms with E-state index in [1.807, 2.05) is 37.3 Å². The smallest absolute Gasteiger partial charge is 0.310 e. The number of H-pyrrole nitrogens is 1. The topological polar surface area (TPSA) is 59.2 Å². The summed E-state index contributed by atoms with van der Waals surface area (Å²) in [5, 5.41) is 1.40. The highest BCUT2D eigenvalue weighted by atomic mass is 79.9. The van der Waals surface area contributed by atoms with Crippen LogP contribution in [-0.2, 0) is 16.0 Å². The molecule has 1 heterocycles. The maximum Gasteiger partial charge on any atom is 0.310 e. The number of aromatic amines is 1. The molecule has 2 aromatic carbocycles. The van der Waals surface area contributed by atoms with E-state index in [2.05, 4.69) is 20.9 Å². The van der Waals surface area contributed by atoms with Gasteiger partial charge in [0.1, 0.15) is 0 Å². The summed E-state index contributed by atoms with van der Waals surface area (Å²) in [5.74, 6) is -0.282. The molecular formula is C20H17BrClNO3. The van der Waals surface area contributed by atoms with E-state index in [1.54, 1.807) is 13.0 Å². The fourth-order valence-corrected chi connectivity index (χ4v) is 3.44. The zero-order valence-electron chi connectivity index (χ0n) is 14.4. The van der Waals surface area contributed by atoms with Crippen molar-refractivity contribution >= 4 is 44.4 Å². The number of carbonyl (C=O) groups is 1. The van der Waals surface area contributed by atoms with E-state index in [0.29, 0.717) is 22.7 Å². The quantitative estimate of drug-likeness (QED) is 0.586. The van der Waals surface area contributed by atoms with Crippen LogP contribution >= 0.6 is 27.5 Å². The Bertz CT molecular complexity index is 1060. The van der Waals surface area contributed by atoms with Crippen LogP contribution in [0.3, 0.4) is 0 Å². The molecule has 0 aliphatic heterocycles. The number of hydrogen-bond donors (Lipinski definition) is 1. The molecular weight excluding hydrogens is 418 g/mol. The van der Waals surface area contributed by atoms with Crippen LogP contribution < -0.4 is 5.56 Å². The number of rotatable bonds is 4. The molecule has 134 valence electrons. The third-order valence-electron chi connectivity index (χ3n) is 3.99. The third kappa shape index (κ3) is 4.00. The predicted octanol–water partition coefficient (Wildman–Crippen LogP) is 5.03. The maximum absolute atomic E-state index is 12.6. The van der Waals surface area contributed by atoms with Gasteiger partial charge in [-0.3, -0.25) is 9.59 Å². The van der Waals surface area contributed by atoms with Crippen LogP contribution in [0.25, 0.3) is 22.0 Å². The third-order valence-corrected chi connectivity index (χ3v) is 5.18. The summed E-state index contributed by atoms with van der Waals surface area (Å²) in [7, 11) is 0. The average molecular weight is 435 g/mol. The molecule has 0 spiro atoms. The molecule has 0 unspecified atom stereocenters. The molecule has 3 rings (SSSR count). The molecule has 0 saturated heterocycles. The van der Waals surface area contributed by atoms with Crippen LogP contribution in [-0.4, -0.2) is 17.6 Å². The largest absolute Gasteiger partial charge is 0.466 e. The summed E-state index contributed by atoms with van der Waals surface area (Å²) >= 11 is 9.51. The Morgan fingerprint density at radius 1 is 1.19 bits per heavy atom. The number of aromatic nitrogens is 1. The lowest BCUT2D eigenvalue weighted by Crippen LogP contribution is -2.10. The van der Waals surface area contributed by atoms with Crippen molar-refractivity contribution in [3.63, 3.8) is 0 Å². The monoisotopic (exact) mass is 433 g/mol. The highest BCUT2D eigenvalue weighted by molar-refractivity contribution is 9.10. The van der Waals surface area contributed by atoms with Crippen molar-refractivity contribution in [1.82, 2.24) is 4.98 Å². The van der Waals surface area contributed by atoms with Gasteiger partial charge in [-0.05, 0) is 59.1 Å². The standard InChI is InChI=1S/C20H17BrClNO3/c1-3-26-19(24)7-12-4-11(2)5-13(6-12)15-8-14-9-16(21)17(22)10-18(14)23-20(15)25/h4-6,8-10H,3,7H2,1-2H3,(H,23,25). The molecule has 3 aromatic rings. The maximum atomic E-state index is 12.6. The van der Waals surface area contributed by atoms with E-state index in [1.165, 1.54) is 0 Å². The summed E-state index contributed by atoms with van der Waals surface area (Å²) in [4.78, 5) is 27.2. The SMILES string of the molecule is CCOC(=O)Cc1cc(C)cc(-c2cc3cc(Br)c(Cl)cc3[nH]c2=O)c1. The number of pyridine rings is 1. The number of halogens is 2. The van der Waals surface area contributed by atoms with Crippen LogP contribution in [0.1, 0.15) is 18.1 Å². The first-order chi connectivity index (χ1) is 12.4. The number of esters is 1. The summed E-state index contributed by atoms with van der Waals surface area (Å²) < 4.78 is 5.77. The van der Waals surface area contributed by atoms with Gasteiger partial charge in [0.25, 0.3) is 5.56 Å². The zero-order valence-corrected chi connectivity index (χ0v) is 16.7. The van der Waals surface area contributed by atoms with Gasteiger partial charge in [-0.25, -0.2) is 0 Å². The Kier molecular flexibility index (Phi) is 5.49. The summed E-state index contributed by atoms with van der Waals surface area (Å²) in [5.41, 5.74) is 3.56. The molecule has 0 radical (unpaired) electrons. The number of hydrogen-bond acceptors (Lipinski definition) is 3. The average Bonchev–Trinajstić information content (AvgIpc) is 2.55. The highest BCUT2D eigenvalue weighted by Gasteiger charge is 2.11. The number of carbonyl (C=O) groups excluding carboxylic acids is 1. The van der Waals surface area contributed by atoms with Crippen LogP contribution in [0.4, 0.5) is 0 Å². The number of fused-ring (bicyclic) bond motifs is 1. The fourth-order valence-electron chi connectivity index (χ4n) is 2.91. The minimum Gasteiger partial charge on any atom is -0.466 e. The first-order valence-corrected chi connectivity index (χ1v) is 9.33. The van der Waals surface area contributed by atoms with Crippen LogP contribution in [0.5, 0.6) is 0 Å². The van der Waals surface area contributed by atoms with E-state index in [4.69, 9.17) is 16.3 Å². The minimum absolute atomic E-state index is 0.176. The molecule has 1 N–H and O–H groups in total. The summed E-state index contributed by atoms with van der Waals surface area (Å²) in [6.45, 7) is 4.06. The summed E-state index contributed by atoms with van der Waals surface area (Å²) in [6.07, 6.45) is 0.176. The Morgan fingerprint density at radius 3 is 2.69 bits per heavy atom.